The number of hydrogen-bond acceptors (Lipinski definition) is 6. The summed E-state index contributed by atoms with van der Waals surface area (Å²) in [5.74, 6) is -0.562. The predicted octanol–water partition coefficient (Wildman–Crippen LogP) is 2.81. The Bertz CT molecular complexity index is 1030. The number of imide groups is 1. The zero-order valence-corrected chi connectivity index (χ0v) is 17.8. The first-order chi connectivity index (χ1) is 15.5. The third-order valence-corrected chi connectivity index (χ3v) is 5.53. The summed E-state index contributed by atoms with van der Waals surface area (Å²) in [5, 5.41) is 0. The summed E-state index contributed by atoms with van der Waals surface area (Å²) in [4.78, 5) is 52.0. The highest BCUT2D eigenvalue weighted by Crippen LogP contribution is 2.33. The van der Waals surface area contributed by atoms with Crippen LogP contribution in [-0.4, -0.2) is 54.4 Å². The van der Waals surface area contributed by atoms with E-state index >= 15 is 0 Å². The van der Waals surface area contributed by atoms with E-state index in [0.29, 0.717) is 35.4 Å². The first-order valence-corrected chi connectivity index (χ1v) is 10.7. The number of para-hydroxylation sites is 2. The molecule has 32 heavy (non-hydrogen) atoms. The molecule has 2 aliphatic heterocycles. The molecule has 2 aromatic carbocycles. The van der Waals surface area contributed by atoms with Gasteiger partial charge in [-0.2, -0.15) is 0 Å². The fourth-order valence-corrected chi connectivity index (χ4v) is 3.86. The minimum Gasteiger partial charge on any atom is -0.479 e. The maximum Gasteiger partial charge on any atom is 0.307 e. The summed E-state index contributed by atoms with van der Waals surface area (Å²) in [6.07, 6.45) is 0.509. The van der Waals surface area contributed by atoms with Crippen LogP contribution in [-0.2, 0) is 14.3 Å². The minimum absolute atomic E-state index is 0.0607. The molecule has 0 unspecified atom stereocenters. The number of ether oxygens (including phenoxy) is 2. The van der Waals surface area contributed by atoms with Crippen LogP contribution in [0.25, 0.3) is 0 Å². The maximum atomic E-state index is 12.4. The van der Waals surface area contributed by atoms with Crippen LogP contribution in [0.4, 0.5) is 5.69 Å². The number of nitrogens with zero attached hydrogens (tertiary/aromatic N) is 2. The molecule has 8 nitrogen and oxygen atoms in total. The highest BCUT2D eigenvalue weighted by molar-refractivity contribution is 6.21. The third-order valence-electron chi connectivity index (χ3n) is 5.53. The molecule has 1 atom stereocenters. The number of benzene rings is 2. The van der Waals surface area contributed by atoms with Crippen LogP contribution in [0.2, 0.25) is 0 Å². The van der Waals surface area contributed by atoms with Gasteiger partial charge >= 0.3 is 5.97 Å². The van der Waals surface area contributed by atoms with Gasteiger partial charge in [-0.15, -0.1) is 0 Å². The highest BCUT2D eigenvalue weighted by Gasteiger charge is 2.34. The smallest absolute Gasteiger partial charge is 0.307 e. The molecule has 8 heteroatoms. The molecule has 0 radical (unpaired) electrons. The van der Waals surface area contributed by atoms with Crippen LogP contribution in [0.1, 0.15) is 46.9 Å². The Morgan fingerprint density at radius 2 is 1.56 bits per heavy atom. The van der Waals surface area contributed by atoms with E-state index in [1.54, 1.807) is 48.2 Å². The van der Waals surface area contributed by atoms with Crippen molar-refractivity contribution in [2.45, 2.75) is 32.3 Å². The number of amides is 3. The highest BCUT2D eigenvalue weighted by atomic mass is 16.5. The number of esters is 1. The number of carbonyl (C=O) groups excluding carboxylic acids is 4. The summed E-state index contributed by atoms with van der Waals surface area (Å²) < 4.78 is 10.9. The van der Waals surface area contributed by atoms with Crippen molar-refractivity contribution < 1.29 is 28.7 Å². The molecule has 2 aliphatic rings. The lowest BCUT2D eigenvalue weighted by Gasteiger charge is -2.32. The van der Waals surface area contributed by atoms with Crippen molar-refractivity contribution in [1.29, 1.82) is 0 Å². The van der Waals surface area contributed by atoms with Crippen molar-refractivity contribution in [3.63, 3.8) is 0 Å². The molecule has 0 fully saturated rings. The van der Waals surface area contributed by atoms with Gasteiger partial charge in [0, 0.05) is 13.1 Å². The Hall–Kier alpha value is -3.68. The topological polar surface area (TPSA) is 93.2 Å². The standard InChI is InChI=1S/C24H24N2O6/c1-16-22(28)25(19-10-4-5-11-20(19)32-16)14-12-21(27)31-15-7-6-13-26-23(29)17-8-2-3-9-18(17)24(26)30/h2-5,8-11,16H,6-7,12-15H2,1H3/t16-/m0/s1. The summed E-state index contributed by atoms with van der Waals surface area (Å²) in [6, 6.07) is 14.0. The molecule has 3 amide bonds. The second-order valence-corrected chi connectivity index (χ2v) is 7.70. The Morgan fingerprint density at radius 3 is 2.28 bits per heavy atom. The largest absolute Gasteiger partial charge is 0.479 e. The first kappa shape index (κ1) is 21.5. The fourth-order valence-electron chi connectivity index (χ4n) is 3.86. The number of hydrogen-bond donors (Lipinski definition) is 0. The summed E-state index contributed by atoms with van der Waals surface area (Å²) in [6.45, 7) is 2.35. The molecular formula is C24H24N2O6. The minimum atomic E-state index is -0.608. The zero-order chi connectivity index (χ0) is 22.7. The Balaban J connectivity index is 1.19. The lowest BCUT2D eigenvalue weighted by molar-refractivity contribution is -0.143. The van der Waals surface area contributed by atoms with Crippen molar-refractivity contribution >= 4 is 29.4 Å². The SMILES string of the molecule is C[C@@H]1Oc2ccccc2N(CCC(=O)OCCCCN2C(=O)c3ccccc3C2=O)C1=O. The quantitative estimate of drug-likeness (QED) is 0.359. The molecule has 0 aliphatic carbocycles. The van der Waals surface area contributed by atoms with Gasteiger partial charge in [-0.3, -0.25) is 24.1 Å². The van der Waals surface area contributed by atoms with E-state index < -0.39 is 12.1 Å². The molecule has 2 aromatic rings. The van der Waals surface area contributed by atoms with E-state index in [1.807, 2.05) is 12.1 Å². The van der Waals surface area contributed by atoms with Crippen molar-refractivity contribution in [2.75, 3.05) is 24.6 Å². The second-order valence-electron chi connectivity index (χ2n) is 7.70. The molecule has 0 saturated carbocycles. The molecule has 2 heterocycles. The lowest BCUT2D eigenvalue weighted by Crippen LogP contribution is -2.45. The number of anilines is 1. The van der Waals surface area contributed by atoms with E-state index in [0.717, 1.165) is 0 Å². The summed E-state index contributed by atoms with van der Waals surface area (Å²) in [7, 11) is 0. The van der Waals surface area contributed by atoms with E-state index in [9.17, 15) is 19.2 Å². The molecule has 166 valence electrons. The Labute approximate surface area is 185 Å². The molecule has 4 rings (SSSR count). The van der Waals surface area contributed by atoms with Crippen LogP contribution in [0, 0.1) is 0 Å². The number of unbranched alkanes of at least 4 members (excludes halogenated alkanes) is 1. The van der Waals surface area contributed by atoms with Crippen LogP contribution in [0.15, 0.2) is 48.5 Å². The molecule has 0 N–H and O–H groups in total. The fraction of sp³-hybridized carbons (Fsp3) is 0.333. The Kier molecular flexibility index (Phi) is 6.20. The van der Waals surface area contributed by atoms with E-state index in [-0.39, 0.29) is 43.8 Å². The summed E-state index contributed by atoms with van der Waals surface area (Å²) in [5.41, 5.74) is 1.50. The van der Waals surface area contributed by atoms with E-state index in [2.05, 4.69) is 0 Å². The second kappa shape index (κ2) is 9.21. The zero-order valence-electron chi connectivity index (χ0n) is 17.8. The van der Waals surface area contributed by atoms with E-state index in [1.165, 1.54) is 4.90 Å². The molecular weight excluding hydrogens is 412 g/mol. The monoisotopic (exact) mass is 436 g/mol. The predicted molar refractivity (Wildman–Crippen MR) is 116 cm³/mol. The van der Waals surface area contributed by atoms with Crippen molar-refractivity contribution in [1.82, 2.24) is 4.90 Å². The number of carbonyl (C=O) groups is 4. The van der Waals surface area contributed by atoms with Gasteiger partial charge in [0.1, 0.15) is 5.75 Å². The maximum absolute atomic E-state index is 12.4. The van der Waals surface area contributed by atoms with Gasteiger partial charge in [-0.25, -0.2) is 0 Å². The summed E-state index contributed by atoms with van der Waals surface area (Å²) >= 11 is 0. The lowest BCUT2D eigenvalue weighted by atomic mass is 10.1. The number of rotatable bonds is 8. The van der Waals surface area contributed by atoms with Gasteiger partial charge in [0.15, 0.2) is 6.10 Å². The molecule has 0 saturated heterocycles. The van der Waals surface area contributed by atoms with Crippen LogP contribution in [0.3, 0.4) is 0 Å². The van der Waals surface area contributed by atoms with Gasteiger partial charge in [-0.05, 0) is 44.0 Å². The van der Waals surface area contributed by atoms with Gasteiger partial charge in [-0.1, -0.05) is 24.3 Å². The Morgan fingerprint density at radius 1 is 0.906 bits per heavy atom. The average Bonchev–Trinajstić information content (AvgIpc) is 3.04. The van der Waals surface area contributed by atoms with Gasteiger partial charge in [0.2, 0.25) is 0 Å². The molecule has 0 aromatic heterocycles. The van der Waals surface area contributed by atoms with Crippen LogP contribution in [0.5, 0.6) is 5.75 Å². The van der Waals surface area contributed by atoms with Crippen LogP contribution < -0.4 is 9.64 Å². The number of fused-ring (bicyclic) bond motifs is 2. The van der Waals surface area contributed by atoms with Crippen LogP contribution >= 0.6 is 0 Å². The van der Waals surface area contributed by atoms with Gasteiger partial charge < -0.3 is 14.4 Å². The van der Waals surface area contributed by atoms with Crippen molar-refractivity contribution in [3.8, 4) is 5.75 Å². The average molecular weight is 436 g/mol. The van der Waals surface area contributed by atoms with Gasteiger partial charge in [0.05, 0.1) is 29.8 Å². The third kappa shape index (κ3) is 4.21. The van der Waals surface area contributed by atoms with Crippen molar-refractivity contribution in [3.05, 3.63) is 59.7 Å². The van der Waals surface area contributed by atoms with Gasteiger partial charge in [0.25, 0.3) is 17.7 Å². The van der Waals surface area contributed by atoms with Crippen molar-refractivity contribution in [2.24, 2.45) is 0 Å². The molecule has 0 spiro atoms. The van der Waals surface area contributed by atoms with E-state index in [4.69, 9.17) is 9.47 Å². The first-order valence-electron chi connectivity index (χ1n) is 10.7. The molecule has 0 bridgehead atoms. The normalized spacial score (nSPS) is 17.2.